The van der Waals surface area contributed by atoms with Gasteiger partial charge in [0, 0.05) is 17.2 Å². The maximum atomic E-state index is 11.4. The maximum absolute atomic E-state index is 11.4. The molecule has 2 amide bonds. The normalized spacial score (nSPS) is 10.2. The smallest absolute Gasteiger partial charge is 0.251 e. The molecule has 0 aromatic carbocycles. The zero-order valence-electron chi connectivity index (χ0n) is 9.09. The Morgan fingerprint density at radius 2 is 2.06 bits per heavy atom. The highest BCUT2D eigenvalue weighted by molar-refractivity contribution is 7.16. The Morgan fingerprint density at radius 3 is 2.56 bits per heavy atom. The van der Waals surface area contributed by atoms with E-state index in [0.29, 0.717) is 10.6 Å². The Bertz CT molecular complexity index is 429. The molecule has 0 radical (unpaired) electrons. The molecule has 1 aromatic heterocycles. The van der Waals surface area contributed by atoms with E-state index in [1.807, 2.05) is 13.8 Å². The molecule has 0 atom stereocenters. The number of thiophene rings is 1. The average Bonchev–Trinajstić information content (AvgIpc) is 2.42. The molecule has 88 valence electrons. The van der Waals surface area contributed by atoms with Gasteiger partial charge in [0.1, 0.15) is 5.00 Å². The molecule has 1 aromatic rings. The summed E-state index contributed by atoms with van der Waals surface area (Å²) in [6, 6.07) is 0. The monoisotopic (exact) mass is 260 g/mol. The first-order chi connectivity index (χ1) is 7.47. The molecule has 0 unspecified atom stereocenters. The highest BCUT2D eigenvalue weighted by atomic mass is 35.5. The molecule has 0 spiro atoms. The predicted molar refractivity (Wildman–Crippen MR) is 66.3 cm³/mol. The molecule has 3 N–H and O–H groups in total. The van der Waals surface area contributed by atoms with E-state index < -0.39 is 5.91 Å². The molecule has 0 aliphatic rings. The van der Waals surface area contributed by atoms with E-state index in [4.69, 9.17) is 17.3 Å². The van der Waals surface area contributed by atoms with Gasteiger partial charge in [-0.3, -0.25) is 9.59 Å². The number of hydrogen-bond donors (Lipinski definition) is 2. The van der Waals surface area contributed by atoms with Crippen molar-refractivity contribution in [3.05, 3.63) is 16.0 Å². The van der Waals surface area contributed by atoms with E-state index in [9.17, 15) is 9.59 Å². The molecule has 0 bridgehead atoms. The third-order valence-electron chi connectivity index (χ3n) is 2.21. The molecule has 6 heteroatoms. The van der Waals surface area contributed by atoms with Crippen molar-refractivity contribution >= 4 is 39.8 Å². The number of anilines is 1. The van der Waals surface area contributed by atoms with Crippen molar-refractivity contribution in [1.29, 1.82) is 0 Å². The number of nitrogens with two attached hydrogens (primary N) is 1. The lowest BCUT2D eigenvalue weighted by Gasteiger charge is -2.03. The van der Waals surface area contributed by atoms with E-state index in [0.717, 1.165) is 10.4 Å². The van der Waals surface area contributed by atoms with Crippen LogP contribution in [0.1, 0.15) is 27.2 Å². The Kier molecular flexibility index (Phi) is 4.32. The summed E-state index contributed by atoms with van der Waals surface area (Å²) < 4.78 is 0. The summed E-state index contributed by atoms with van der Waals surface area (Å²) in [5.74, 6) is -0.483. The lowest BCUT2D eigenvalue weighted by Crippen LogP contribution is -2.17. The summed E-state index contributed by atoms with van der Waals surface area (Å²) in [7, 11) is 0. The van der Waals surface area contributed by atoms with E-state index in [1.54, 1.807) is 0 Å². The van der Waals surface area contributed by atoms with Crippen LogP contribution in [0, 0.1) is 13.8 Å². The summed E-state index contributed by atoms with van der Waals surface area (Å²) in [6.45, 7) is 3.69. The molecule has 16 heavy (non-hydrogen) atoms. The summed E-state index contributed by atoms with van der Waals surface area (Å²) >= 11 is 6.80. The van der Waals surface area contributed by atoms with Crippen LogP contribution in [0.25, 0.3) is 0 Å². The van der Waals surface area contributed by atoms with Crippen LogP contribution >= 0.6 is 22.9 Å². The Labute approximate surface area is 103 Å². The van der Waals surface area contributed by atoms with Crippen molar-refractivity contribution in [2.45, 2.75) is 20.3 Å². The number of amides is 2. The first-order valence-electron chi connectivity index (χ1n) is 4.73. The molecule has 1 heterocycles. The highest BCUT2D eigenvalue weighted by Gasteiger charge is 2.18. The van der Waals surface area contributed by atoms with E-state index in [2.05, 4.69) is 5.32 Å². The van der Waals surface area contributed by atoms with Gasteiger partial charge in [-0.05, 0) is 19.4 Å². The van der Waals surface area contributed by atoms with Gasteiger partial charge in [0.2, 0.25) is 5.91 Å². The molecule has 0 saturated heterocycles. The fraction of sp³-hybridized carbons (Fsp3) is 0.400. The number of hydrogen-bond acceptors (Lipinski definition) is 3. The number of carbonyl (C=O) groups is 2. The van der Waals surface area contributed by atoms with Crippen LogP contribution in [0.15, 0.2) is 0 Å². The molecule has 1 rings (SSSR count). The van der Waals surface area contributed by atoms with Gasteiger partial charge in [0.15, 0.2) is 0 Å². The fourth-order valence-corrected chi connectivity index (χ4v) is 2.54. The summed E-state index contributed by atoms with van der Waals surface area (Å²) in [4.78, 5) is 23.6. The second kappa shape index (κ2) is 5.32. The van der Waals surface area contributed by atoms with Gasteiger partial charge < -0.3 is 11.1 Å². The first kappa shape index (κ1) is 13.0. The molecule has 0 aliphatic heterocycles. The average molecular weight is 261 g/mol. The van der Waals surface area contributed by atoms with Crippen molar-refractivity contribution < 1.29 is 9.59 Å². The van der Waals surface area contributed by atoms with Crippen molar-refractivity contribution in [2.75, 3.05) is 11.2 Å². The predicted octanol–water partition coefficient (Wildman–Crippen LogP) is 2.03. The SMILES string of the molecule is Cc1sc(NC(=O)CCCl)c(C(N)=O)c1C. The number of rotatable bonds is 4. The van der Waals surface area contributed by atoms with Gasteiger partial charge >= 0.3 is 0 Å². The number of nitrogens with one attached hydrogen (secondary N) is 1. The van der Waals surface area contributed by atoms with E-state index in [-0.39, 0.29) is 18.2 Å². The van der Waals surface area contributed by atoms with Crippen LogP contribution in [0.5, 0.6) is 0 Å². The Hall–Kier alpha value is -1.07. The second-order valence-corrected chi connectivity index (χ2v) is 4.94. The molecule has 4 nitrogen and oxygen atoms in total. The third kappa shape index (κ3) is 2.74. The number of halogens is 1. The minimum Gasteiger partial charge on any atom is -0.365 e. The molecule has 0 fully saturated rings. The fourth-order valence-electron chi connectivity index (χ4n) is 1.29. The van der Waals surface area contributed by atoms with Crippen LogP contribution in [0.4, 0.5) is 5.00 Å². The van der Waals surface area contributed by atoms with Gasteiger partial charge in [-0.15, -0.1) is 22.9 Å². The van der Waals surface area contributed by atoms with Crippen molar-refractivity contribution in [3.63, 3.8) is 0 Å². The lowest BCUT2D eigenvalue weighted by molar-refractivity contribution is -0.115. The molecule has 0 saturated carbocycles. The van der Waals surface area contributed by atoms with Crippen molar-refractivity contribution in [2.24, 2.45) is 5.73 Å². The second-order valence-electron chi connectivity index (χ2n) is 3.34. The minimum atomic E-state index is -0.525. The van der Waals surface area contributed by atoms with Crippen LogP contribution in [0.3, 0.4) is 0 Å². The maximum Gasteiger partial charge on any atom is 0.251 e. The Morgan fingerprint density at radius 1 is 1.44 bits per heavy atom. The number of carbonyl (C=O) groups excluding carboxylic acids is 2. The number of alkyl halides is 1. The van der Waals surface area contributed by atoms with E-state index >= 15 is 0 Å². The van der Waals surface area contributed by atoms with Crippen LogP contribution < -0.4 is 11.1 Å². The molecular weight excluding hydrogens is 248 g/mol. The zero-order chi connectivity index (χ0) is 12.3. The van der Waals surface area contributed by atoms with Crippen LogP contribution in [-0.4, -0.2) is 17.7 Å². The van der Waals surface area contributed by atoms with Crippen molar-refractivity contribution in [3.8, 4) is 0 Å². The minimum absolute atomic E-state index is 0.209. The number of aryl methyl sites for hydroxylation is 1. The third-order valence-corrected chi connectivity index (χ3v) is 3.52. The van der Waals surface area contributed by atoms with Crippen LogP contribution in [0.2, 0.25) is 0 Å². The van der Waals surface area contributed by atoms with Gasteiger partial charge in [-0.25, -0.2) is 0 Å². The first-order valence-corrected chi connectivity index (χ1v) is 6.08. The summed E-state index contributed by atoms with van der Waals surface area (Å²) in [5.41, 5.74) is 6.48. The van der Waals surface area contributed by atoms with Gasteiger partial charge in [-0.2, -0.15) is 0 Å². The highest BCUT2D eigenvalue weighted by Crippen LogP contribution is 2.31. The van der Waals surface area contributed by atoms with Gasteiger partial charge in [0.25, 0.3) is 5.91 Å². The van der Waals surface area contributed by atoms with Crippen molar-refractivity contribution in [1.82, 2.24) is 0 Å². The van der Waals surface area contributed by atoms with Gasteiger partial charge in [-0.1, -0.05) is 0 Å². The quantitative estimate of drug-likeness (QED) is 0.813. The zero-order valence-corrected chi connectivity index (χ0v) is 10.7. The summed E-state index contributed by atoms with van der Waals surface area (Å²) in [5, 5.41) is 3.16. The Balaban J connectivity index is 3.00. The molecular formula is C10H13ClN2O2S. The standard InChI is InChI=1S/C10H13ClN2O2S/c1-5-6(2)16-10(8(5)9(12)15)13-7(14)3-4-11/h3-4H2,1-2H3,(H2,12,15)(H,13,14). The van der Waals surface area contributed by atoms with Gasteiger partial charge in [0.05, 0.1) is 5.56 Å². The number of primary amides is 1. The largest absolute Gasteiger partial charge is 0.365 e. The van der Waals surface area contributed by atoms with Crippen LogP contribution in [-0.2, 0) is 4.79 Å². The topological polar surface area (TPSA) is 72.2 Å². The lowest BCUT2D eigenvalue weighted by atomic mass is 10.1. The molecule has 0 aliphatic carbocycles. The summed E-state index contributed by atoms with van der Waals surface area (Å²) in [6.07, 6.45) is 0.218. The van der Waals surface area contributed by atoms with E-state index in [1.165, 1.54) is 11.3 Å².